The minimum Gasteiger partial charge on any atom is -0.370 e. The van der Waals surface area contributed by atoms with Crippen LogP contribution in [0.3, 0.4) is 0 Å². The largest absolute Gasteiger partial charge is 0.370 e. The number of hydrogen-bond donors (Lipinski definition) is 0. The van der Waals surface area contributed by atoms with Crippen molar-refractivity contribution in [1.82, 2.24) is 9.88 Å². The number of halogens is 1. The predicted molar refractivity (Wildman–Crippen MR) is 133 cm³/mol. The standard InChI is InChI=1S/C28H28ClN3/c29-25-10-7-23(8-11-25)24-9-13-26(30-20-24)12-4-22-5-14-27(15-6-22)32-19-16-28(21-32)31-17-2-1-3-18-31/h5-11,13-15,20,28H,1-3,16-19,21H2/t28-/m1/s1. The molecule has 2 saturated heterocycles. The molecule has 0 N–H and O–H groups in total. The molecule has 2 aromatic carbocycles. The third-order valence-corrected chi connectivity index (χ3v) is 6.83. The van der Waals surface area contributed by atoms with Gasteiger partial charge in [0, 0.05) is 47.2 Å². The zero-order chi connectivity index (χ0) is 21.8. The van der Waals surface area contributed by atoms with Crippen molar-refractivity contribution >= 4 is 17.3 Å². The number of anilines is 1. The van der Waals surface area contributed by atoms with Crippen LogP contribution in [0, 0.1) is 11.8 Å². The summed E-state index contributed by atoms with van der Waals surface area (Å²) < 4.78 is 0. The van der Waals surface area contributed by atoms with E-state index in [1.165, 1.54) is 44.5 Å². The molecule has 2 aliphatic heterocycles. The number of rotatable bonds is 3. The maximum atomic E-state index is 5.97. The van der Waals surface area contributed by atoms with Crippen LogP contribution in [-0.2, 0) is 0 Å². The monoisotopic (exact) mass is 441 g/mol. The van der Waals surface area contributed by atoms with Crippen LogP contribution in [0.5, 0.6) is 0 Å². The topological polar surface area (TPSA) is 19.4 Å². The van der Waals surface area contributed by atoms with E-state index in [1.54, 1.807) is 0 Å². The van der Waals surface area contributed by atoms with Crippen molar-refractivity contribution in [1.29, 1.82) is 0 Å². The molecule has 0 amide bonds. The number of hydrogen-bond acceptors (Lipinski definition) is 3. The van der Waals surface area contributed by atoms with Crippen LogP contribution >= 0.6 is 11.6 Å². The molecule has 32 heavy (non-hydrogen) atoms. The van der Waals surface area contributed by atoms with Crippen molar-refractivity contribution in [3.05, 3.63) is 83.1 Å². The van der Waals surface area contributed by atoms with E-state index in [2.05, 4.69) is 57.0 Å². The third kappa shape index (κ3) is 4.99. The van der Waals surface area contributed by atoms with Crippen molar-refractivity contribution in [2.45, 2.75) is 31.7 Å². The van der Waals surface area contributed by atoms with E-state index < -0.39 is 0 Å². The highest BCUT2D eigenvalue weighted by atomic mass is 35.5. The Labute approximate surface area is 196 Å². The normalized spacial score (nSPS) is 18.9. The van der Waals surface area contributed by atoms with Gasteiger partial charge in [-0.1, -0.05) is 42.1 Å². The molecule has 2 fully saturated rings. The number of likely N-dealkylation sites (tertiary alicyclic amines) is 1. The first-order valence-corrected chi connectivity index (χ1v) is 12.0. The van der Waals surface area contributed by atoms with Crippen molar-refractivity contribution in [2.75, 3.05) is 31.1 Å². The Morgan fingerprint density at radius 3 is 2.25 bits per heavy atom. The van der Waals surface area contributed by atoms with Gasteiger partial charge >= 0.3 is 0 Å². The van der Waals surface area contributed by atoms with Crippen molar-refractivity contribution in [3.63, 3.8) is 0 Å². The second-order valence-electron chi connectivity index (χ2n) is 8.72. The molecule has 0 spiro atoms. The molecule has 0 saturated carbocycles. The van der Waals surface area contributed by atoms with Crippen LogP contribution in [-0.4, -0.2) is 42.1 Å². The molecule has 0 radical (unpaired) electrons. The highest BCUT2D eigenvalue weighted by Gasteiger charge is 2.28. The molecule has 2 aliphatic rings. The summed E-state index contributed by atoms with van der Waals surface area (Å²) in [6.45, 7) is 4.86. The second kappa shape index (κ2) is 9.77. The van der Waals surface area contributed by atoms with Crippen LogP contribution in [0.2, 0.25) is 5.02 Å². The fraction of sp³-hybridized carbons (Fsp3) is 0.321. The van der Waals surface area contributed by atoms with Gasteiger partial charge in [0.25, 0.3) is 0 Å². The molecule has 3 nitrogen and oxygen atoms in total. The summed E-state index contributed by atoms with van der Waals surface area (Å²) in [4.78, 5) is 9.73. The first-order chi connectivity index (χ1) is 15.7. The Hall–Kier alpha value is -2.80. The molecule has 162 valence electrons. The first kappa shape index (κ1) is 21.1. The lowest BCUT2D eigenvalue weighted by Crippen LogP contribution is -2.40. The molecule has 3 heterocycles. The van der Waals surface area contributed by atoms with Crippen molar-refractivity contribution in [3.8, 4) is 23.0 Å². The van der Waals surface area contributed by atoms with Crippen molar-refractivity contribution < 1.29 is 0 Å². The highest BCUT2D eigenvalue weighted by Crippen LogP contribution is 2.25. The fourth-order valence-corrected chi connectivity index (χ4v) is 4.86. The number of piperidine rings is 1. The second-order valence-corrected chi connectivity index (χ2v) is 9.16. The first-order valence-electron chi connectivity index (χ1n) is 11.6. The summed E-state index contributed by atoms with van der Waals surface area (Å²) >= 11 is 5.97. The van der Waals surface area contributed by atoms with Crippen LogP contribution in [0.25, 0.3) is 11.1 Å². The molecular formula is C28H28ClN3. The lowest BCUT2D eigenvalue weighted by Gasteiger charge is -2.32. The number of nitrogens with zero attached hydrogens (tertiary/aromatic N) is 3. The maximum Gasteiger partial charge on any atom is 0.113 e. The number of pyridine rings is 1. The number of aromatic nitrogens is 1. The molecule has 3 aromatic rings. The smallest absolute Gasteiger partial charge is 0.113 e. The minimum atomic E-state index is 0.719. The van der Waals surface area contributed by atoms with E-state index in [1.807, 2.05) is 36.5 Å². The van der Waals surface area contributed by atoms with E-state index in [9.17, 15) is 0 Å². The molecule has 5 rings (SSSR count). The lowest BCUT2D eigenvalue weighted by molar-refractivity contribution is 0.175. The molecular weight excluding hydrogens is 414 g/mol. The van der Waals surface area contributed by atoms with E-state index >= 15 is 0 Å². The summed E-state index contributed by atoms with van der Waals surface area (Å²) in [5.74, 6) is 6.43. The van der Waals surface area contributed by atoms with Crippen LogP contribution in [0.1, 0.15) is 36.9 Å². The summed E-state index contributed by atoms with van der Waals surface area (Å²) in [5.41, 5.74) is 5.26. The van der Waals surface area contributed by atoms with Crippen molar-refractivity contribution in [2.24, 2.45) is 0 Å². The summed E-state index contributed by atoms with van der Waals surface area (Å²) in [7, 11) is 0. The van der Waals surface area contributed by atoms with Gasteiger partial charge in [-0.15, -0.1) is 0 Å². The van der Waals surface area contributed by atoms with Gasteiger partial charge in [0.15, 0.2) is 0 Å². The minimum absolute atomic E-state index is 0.719. The average Bonchev–Trinajstić information content (AvgIpc) is 3.35. The Kier molecular flexibility index (Phi) is 6.44. The van der Waals surface area contributed by atoms with Gasteiger partial charge in [-0.05, 0) is 86.3 Å². The van der Waals surface area contributed by atoms with Crippen LogP contribution in [0.4, 0.5) is 5.69 Å². The van der Waals surface area contributed by atoms with Gasteiger partial charge in [0.2, 0.25) is 0 Å². The van der Waals surface area contributed by atoms with Gasteiger partial charge < -0.3 is 4.90 Å². The molecule has 0 bridgehead atoms. The van der Waals surface area contributed by atoms with Crippen LogP contribution < -0.4 is 4.90 Å². The number of benzene rings is 2. The van der Waals surface area contributed by atoms with E-state index in [0.29, 0.717) is 0 Å². The van der Waals surface area contributed by atoms with Gasteiger partial charge in [0.1, 0.15) is 5.69 Å². The summed E-state index contributed by atoms with van der Waals surface area (Å²) in [6, 6.07) is 21.2. The predicted octanol–water partition coefficient (Wildman–Crippen LogP) is 5.87. The lowest BCUT2D eigenvalue weighted by atomic mass is 10.1. The quantitative estimate of drug-likeness (QED) is 0.474. The zero-order valence-corrected chi connectivity index (χ0v) is 19.1. The summed E-state index contributed by atoms with van der Waals surface area (Å²) in [6.07, 6.45) is 7.27. The van der Waals surface area contributed by atoms with E-state index in [-0.39, 0.29) is 0 Å². The van der Waals surface area contributed by atoms with Gasteiger partial charge in [-0.3, -0.25) is 4.90 Å². The van der Waals surface area contributed by atoms with E-state index in [4.69, 9.17) is 11.6 Å². The Balaban J connectivity index is 1.20. The maximum absolute atomic E-state index is 5.97. The molecule has 0 aliphatic carbocycles. The zero-order valence-electron chi connectivity index (χ0n) is 18.3. The highest BCUT2D eigenvalue weighted by molar-refractivity contribution is 6.30. The van der Waals surface area contributed by atoms with Gasteiger partial charge in [0.05, 0.1) is 0 Å². The molecule has 0 unspecified atom stereocenters. The third-order valence-electron chi connectivity index (χ3n) is 6.58. The average molecular weight is 442 g/mol. The molecule has 1 aromatic heterocycles. The van der Waals surface area contributed by atoms with E-state index in [0.717, 1.165) is 46.5 Å². The van der Waals surface area contributed by atoms with Gasteiger partial charge in [-0.25, -0.2) is 4.98 Å². The summed E-state index contributed by atoms with van der Waals surface area (Å²) in [5, 5.41) is 0.738. The molecule has 1 atom stereocenters. The van der Waals surface area contributed by atoms with Crippen LogP contribution in [0.15, 0.2) is 66.9 Å². The Morgan fingerprint density at radius 2 is 1.53 bits per heavy atom. The molecule has 4 heteroatoms. The Bertz CT molecular complexity index is 1090. The fourth-order valence-electron chi connectivity index (χ4n) is 4.73. The SMILES string of the molecule is Clc1ccc(-c2ccc(C#Cc3ccc(N4CC[C@@H](N5CCCCC5)C4)cc3)nc2)cc1. The van der Waals surface area contributed by atoms with Gasteiger partial charge in [-0.2, -0.15) is 0 Å². The Morgan fingerprint density at radius 1 is 0.781 bits per heavy atom.